The van der Waals surface area contributed by atoms with E-state index in [1.807, 2.05) is 170 Å². The zero-order valence-electron chi connectivity index (χ0n) is 32.9. The molecule has 0 aromatic heterocycles. The van der Waals surface area contributed by atoms with E-state index in [0.717, 1.165) is 44.5 Å². The number of carbonyl (C=O) groups is 4. The van der Waals surface area contributed by atoms with Crippen molar-refractivity contribution in [1.29, 1.82) is 0 Å². The van der Waals surface area contributed by atoms with Crippen LogP contribution < -0.4 is 0 Å². The predicted octanol–water partition coefficient (Wildman–Crippen LogP) is 11.3. The molecule has 0 atom stereocenters. The van der Waals surface area contributed by atoms with Crippen LogP contribution in [0.2, 0.25) is 0 Å². The van der Waals surface area contributed by atoms with E-state index in [4.69, 9.17) is 0 Å². The maximum atomic E-state index is 13.5. The van der Waals surface area contributed by atoms with Gasteiger partial charge in [-0.3, -0.25) is 19.2 Å². The summed E-state index contributed by atoms with van der Waals surface area (Å²) in [7, 11) is 0. The van der Waals surface area contributed by atoms with E-state index in [-0.39, 0.29) is 23.1 Å². The van der Waals surface area contributed by atoms with Gasteiger partial charge in [0.25, 0.3) is 0 Å². The summed E-state index contributed by atoms with van der Waals surface area (Å²) in [5.41, 5.74) is 12.4. The summed E-state index contributed by atoms with van der Waals surface area (Å²) < 4.78 is 0. The summed E-state index contributed by atoms with van der Waals surface area (Å²) in [6.45, 7) is 0. The van der Waals surface area contributed by atoms with E-state index in [1.165, 1.54) is 0 Å². The molecule has 288 valence electrons. The lowest BCUT2D eigenvalue weighted by Crippen LogP contribution is -2.24. The van der Waals surface area contributed by atoms with Gasteiger partial charge in [0, 0.05) is 44.5 Å². The summed E-state index contributed by atoms with van der Waals surface area (Å²) >= 11 is 0. The van der Waals surface area contributed by atoms with Crippen LogP contribution in [-0.4, -0.2) is 23.1 Å². The molecule has 0 bridgehead atoms. The maximum absolute atomic E-state index is 13.5. The van der Waals surface area contributed by atoms with Gasteiger partial charge in [0.15, 0.2) is 23.1 Å². The highest BCUT2D eigenvalue weighted by Crippen LogP contribution is 2.35. The molecule has 0 saturated heterocycles. The number of benzene rings is 8. The molecule has 4 heteroatoms. The molecule has 8 aromatic carbocycles. The van der Waals surface area contributed by atoms with Gasteiger partial charge in [0.1, 0.15) is 0 Å². The highest BCUT2D eigenvalue weighted by Gasteiger charge is 2.34. The first kappa shape index (κ1) is 38.0. The second kappa shape index (κ2) is 16.7. The monoisotopic (exact) mass is 776 g/mol. The normalized spacial score (nSPS) is 12.4. The molecule has 0 N–H and O–H groups in total. The Kier molecular flexibility index (Phi) is 10.6. The molecule has 0 saturated carbocycles. The molecule has 0 fully saturated rings. The van der Waals surface area contributed by atoms with E-state index in [9.17, 15) is 19.2 Å². The molecule has 60 heavy (non-hydrogen) atoms. The van der Waals surface area contributed by atoms with Crippen molar-refractivity contribution >= 4 is 23.1 Å². The van der Waals surface area contributed by atoms with Gasteiger partial charge in [-0.05, 0) is 70.2 Å². The van der Waals surface area contributed by atoms with Gasteiger partial charge in [0.05, 0.1) is 0 Å². The van der Waals surface area contributed by atoms with E-state index in [1.54, 1.807) is 24.3 Å². The molecule has 0 amide bonds. The van der Waals surface area contributed by atoms with Crippen LogP contribution >= 0.6 is 0 Å². The van der Waals surface area contributed by atoms with Crippen molar-refractivity contribution < 1.29 is 19.2 Å². The van der Waals surface area contributed by atoms with E-state index < -0.39 is 0 Å². The fourth-order valence-corrected chi connectivity index (χ4v) is 8.59. The zero-order chi connectivity index (χ0) is 41.0. The van der Waals surface area contributed by atoms with Crippen LogP contribution in [0.25, 0.3) is 0 Å². The quantitative estimate of drug-likeness (QED) is 0.154. The van der Waals surface area contributed by atoms with Gasteiger partial charge in [-0.15, -0.1) is 0 Å². The lowest BCUT2D eigenvalue weighted by molar-refractivity contribution is 0.0977. The van der Waals surface area contributed by atoms with Crippen molar-refractivity contribution in [1.82, 2.24) is 0 Å². The fraction of sp³-hybridized carbons (Fsp3) is 0.0714. The van der Waals surface area contributed by atoms with Crippen molar-refractivity contribution in [2.45, 2.75) is 25.7 Å². The molecular weight excluding hydrogens is 737 g/mol. The first-order chi connectivity index (χ1) is 29.4. The van der Waals surface area contributed by atoms with E-state index in [0.29, 0.717) is 70.2 Å². The second-order valence-electron chi connectivity index (χ2n) is 15.3. The van der Waals surface area contributed by atoms with Crippen molar-refractivity contribution in [3.63, 3.8) is 0 Å². The molecule has 0 aliphatic heterocycles. The number of fused-ring (bicyclic) bond motifs is 4. The lowest BCUT2D eigenvalue weighted by atomic mass is 9.77. The topological polar surface area (TPSA) is 68.3 Å². The van der Waals surface area contributed by atoms with E-state index in [2.05, 4.69) is 0 Å². The number of carbonyl (C=O) groups excluding carboxylic acids is 4. The SMILES string of the molecule is O=C1c2cccc(Cc3ccccc3)c2C(=O)c2cccc(Cc3ccccc3)c21.O=C1c2ccccc2C(=O)c2c(Cc3ccccc3)ccc(Cc3ccccc3)c21. The van der Waals surface area contributed by atoms with Crippen molar-refractivity contribution in [3.8, 4) is 0 Å². The van der Waals surface area contributed by atoms with Crippen molar-refractivity contribution in [3.05, 3.63) is 283 Å². The second-order valence-corrected chi connectivity index (χ2v) is 15.3. The minimum Gasteiger partial charge on any atom is -0.289 e. The zero-order valence-corrected chi connectivity index (χ0v) is 32.9. The predicted molar refractivity (Wildman–Crippen MR) is 236 cm³/mol. The Morgan fingerprint density at radius 2 is 0.467 bits per heavy atom. The van der Waals surface area contributed by atoms with Crippen LogP contribution in [-0.2, 0) is 25.7 Å². The average molecular weight is 777 g/mol. The Labute approximate surface area is 349 Å². The third kappa shape index (κ3) is 7.47. The fourth-order valence-electron chi connectivity index (χ4n) is 8.59. The first-order valence-corrected chi connectivity index (χ1v) is 20.3. The van der Waals surface area contributed by atoms with Crippen LogP contribution in [0, 0.1) is 0 Å². The largest absolute Gasteiger partial charge is 0.289 e. The van der Waals surface area contributed by atoms with Gasteiger partial charge in [0.2, 0.25) is 0 Å². The number of hydrogen-bond donors (Lipinski definition) is 0. The van der Waals surface area contributed by atoms with Gasteiger partial charge >= 0.3 is 0 Å². The van der Waals surface area contributed by atoms with Crippen molar-refractivity contribution in [2.24, 2.45) is 0 Å². The molecule has 8 aromatic rings. The van der Waals surface area contributed by atoms with Gasteiger partial charge in [-0.2, -0.15) is 0 Å². The van der Waals surface area contributed by atoms with Gasteiger partial charge < -0.3 is 0 Å². The van der Waals surface area contributed by atoms with Gasteiger partial charge in [-0.1, -0.05) is 194 Å². The Bertz CT molecular complexity index is 2710. The summed E-state index contributed by atoms with van der Waals surface area (Å²) in [5.74, 6) is -0.218. The molecule has 0 unspecified atom stereocenters. The average Bonchev–Trinajstić information content (AvgIpc) is 3.29. The highest BCUT2D eigenvalue weighted by molar-refractivity contribution is 6.30. The molecule has 4 nitrogen and oxygen atoms in total. The number of hydrogen-bond acceptors (Lipinski definition) is 4. The third-order valence-electron chi connectivity index (χ3n) is 11.4. The molecule has 0 heterocycles. The summed E-state index contributed by atoms with van der Waals surface area (Å²) in [6, 6.07) is 62.6. The summed E-state index contributed by atoms with van der Waals surface area (Å²) in [4.78, 5) is 54.1. The Morgan fingerprint density at radius 1 is 0.217 bits per heavy atom. The highest BCUT2D eigenvalue weighted by atomic mass is 16.1. The van der Waals surface area contributed by atoms with Crippen LogP contribution in [0.4, 0.5) is 0 Å². The Balaban J connectivity index is 0.000000154. The summed E-state index contributed by atoms with van der Waals surface area (Å²) in [5, 5.41) is 0. The Hall–Kier alpha value is -7.56. The lowest BCUT2D eigenvalue weighted by Gasteiger charge is -2.23. The molecule has 10 rings (SSSR count). The number of ketones is 4. The molecule has 2 aliphatic carbocycles. The standard InChI is InChI=1S/2C28H20O2/c29-27-24-16-8-14-22(18-20-11-5-2-6-12-20)26(24)28(30)23-15-7-13-21(25(23)27)17-19-9-3-1-4-10-19;29-27-23-13-7-8-14-24(23)28(30)26-22(18-20-11-5-2-6-12-20)16-15-21(25(26)27)17-19-9-3-1-4-10-19/h2*1-16H,17-18H2. The first-order valence-electron chi connectivity index (χ1n) is 20.3. The van der Waals surface area contributed by atoms with Gasteiger partial charge in [-0.25, -0.2) is 0 Å². The minimum atomic E-state index is -0.0546. The van der Waals surface area contributed by atoms with Crippen LogP contribution in [0.15, 0.2) is 194 Å². The maximum Gasteiger partial charge on any atom is 0.194 e. The molecule has 2 aliphatic rings. The molecular formula is C56H40O4. The van der Waals surface area contributed by atoms with Crippen LogP contribution in [0.5, 0.6) is 0 Å². The van der Waals surface area contributed by atoms with Crippen LogP contribution in [0.1, 0.15) is 108 Å². The molecule has 0 radical (unpaired) electrons. The summed E-state index contributed by atoms with van der Waals surface area (Å²) in [6.07, 6.45) is 2.50. The minimum absolute atomic E-state index is 0.0546. The third-order valence-corrected chi connectivity index (χ3v) is 11.4. The smallest absolute Gasteiger partial charge is 0.194 e. The Morgan fingerprint density at radius 3 is 0.783 bits per heavy atom. The molecule has 0 spiro atoms. The number of rotatable bonds is 8. The van der Waals surface area contributed by atoms with E-state index >= 15 is 0 Å². The van der Waals surface area contributed by atoms with Crippen molar-refractivity contribution in [2.75, 3.05) is 0 Å². The van der Waals surface area contributed by atoms with Crippen LogP contribution in [0.3, 0.4) is 0 Å².